The van der Waals surface area contributed by atoms with E-state index < -0.39 is 32.8 Å². The molecule has 0 aliphatic rings. The van der Waals surface area contributed by atoms with Crippen molar-refractivity contribution in [3.05, 3.63) is 194 Å². The van der Waals surface area contributed by atoms with Gasteiger partial charge >= 0.3 is 23.0 Å². The van der Waals surface area contributed by atoms with Crippen LogP contribution in [0.15, 0.2) is 115 Å². The number of rotatable bonds is 33. The number of hydrogen-bond acceptors (Lipinski definition) is 24. The van der Waals surface area contributed by atoms with Crippen molar-refractivity contribution in [3.63, 3.8) is 0 Å². The molecule has 7 rings (SSSR count). The Bertz CT molecular complexity index is 4010. The van der Waals surface area contributed by atoms with Gasteiger partial charge in [0.15, 0.2) is 23.1 Å². The number of carboxylic acids is 1. The monoisotopic (exact) mass is 1550 g/mol. The molecule has 0 saturated carbocycles. The highest BCUT2D eigenvalue weighted by molar-refractivity contribution is 7.70. The van der Waals surface area contributed by atoms with Gasteiger partial charge in [-0.1, -0.05) is 97.0 Å². The fourth-order valence-electron chi connectivity index (χ4n) is 10.2. The van der Waals surface area contributed by atoms with Crippen molar-refractivity contribution < 1.29 is 62.6 Å². The number of carboxylic acid groups (broad SMARTS) is 1. The van der Waals surface area contributed by atoms with Crippen molar-refractivity contribution in [1.29, 1.82) is 0 Å². The van der Waals surface area contributed by atoms with Crippen LogP contribution < -0.4 is 45.8 Å². The molecule has 0 aliphatic heterocycles. The Morgan fingerprint density at radius 2 is 0.897 bits per heavy atom. The van der Waals surface area contributed by atoms with E-state index in [1.54, 1.807) is 55.7 Å². The van der Waals surface area contributed by atoms with Crippen molar-refractivity contribution in [2.75, 3.05) is 138 Å². The highest BCUT2D eigenvalue weighted by Crippen LogP contribution is 2.39. The topological polar surface area (TPSA) is 393 Å². The molecule has 588 valence electrons. The molecular weight excluding hydrogens is 1440 g/mol. The second-order valence-corrected chi connectivity index (χ2v) is 27.2. The lowest BCUT2D eigenvalue weighted by molar-refractivity contribution is -0.385. The highest BCUT2D eigenvalue weighted by Gasteiger charge is 2.22. The van der Waals surface area contributed by atoms with Gasteiger partial charge in [0.05, 0.1) is 91.3 Å². The first-order chi connectivity index (χ1) is 50.3. The number of nitro benzene ring substituents is 4. The number of amides is 1. The fourth-order valence-corrected chi connectivity index (χ4v) is 11.6. The lowest BCUT2D eigenvalue weighted by atomic mass is 10.1. The molecule has 0 bridgehead atoms. The summed E-state index contributed by atoms with van der Waals surface area (Å²) in [4.78, 5) is 80.0. The van der Waals surface area contributed by atoms with Crippen LogP contribution in [0.1, 0.15) is 90.6 Å². The summed E-state index contributed by atoms with van der Waals surface area (Å²) < 4.78 is 37.4. The molecule has 0 aliphatic carbocycles. The molecule has 0 fully saturated rings. The number of nitrogen functional groups attached to an aromatic ring is 2. The van der Waals surface area contributed by atoms with Crippen LogP contribution in [0.3, 0.4) is 0 Å². The number of nitrogens with one attached hydrogen (secondary N) is 1. The van der Waals surface area contributed by atoms with Gasteiger partial charge in [-0.3, -0.25) is 50.0 Å². The minimum atomic E-state index is -2.40. The lowest BCUT2D eigenvalue weighted by Crippen LogP contribution is -2.31. The van der Waals surface area contributed by atoms with E-state index in [1.165, 1.54) is 76.6 Å². The largest absolute Gasteiger partial charge is 0.495 e. The maximum Gasteiger partial charge on any atom is 0.310 e. The van der Waals surface area contributed by atoms with Crippen LogP contribution in [-0.2, 0) is 46.3 Å². The molecule has 1 amide bonds. The van der Waals surface area contributed by atoms with Crippen LogP contribution in [0.5, 0.6) is 28.7 Å². The van der Waals surface area contributed by atoms with E-state index in [2.05, 4.69) is 77.6 Å². The number of aromatic nitrogens is 2. The van der Waals surface area contributed by atoms with Gasteiger partial charge < -0.3 is 69.7 Å². The van der Waals surface area contributed by atoms with Gasteiger partial charge in [-0.05, 0) is 168 Å². The number of halogens is 2. The van der Waals surface area contributed by atoms with E-state index in [1.807, 2.05) is 50.2 Å². The number of carbonyl (C=O) groups is 2. The first-order valence-electron chi connectivity index (χ1n) is 34.0. The van der Waals surface area contributed by atoms with Crippen LogP contribution in [0.4, 0.5) is 45.6 Å². The number of methoxy groups -OCH3 is 5. The Labute approximate surface area is 637 Å². The first kappa shape index (κ1) is 95.0. The first-order valence-corrected chi connectivity index (χ1v) is 37.4. The summed E-state index contributed by atoms with van der Waals surface area (Å²) in [6, 6.07) is 29.9. The quantitative estimate of drug-likeness (QED) is 0.00975. The van der Waals surface area contributed by atoms with Crippen molar-refractivity contribution in [2.24, 2.45) is 0 Å². The summed E-state index contributed by atoms with van der Waals surface area (Å²) >= 11 is 11.7. The van der Waals surface area contributed by atoms with Crippen LogP contribution in [-0.4, -0.2) is 187 Å². The van der Waals surface area contributed by atoms with Crippen molar-refractivity contribution in [3.8, 4) is 28.7 Å². The van der Waals surface area contributed by atoms with Gasteiger partial charge in [0, 0.05) is 67.9 Å². The molecule has 0 saturated heterocycles. The minimum absolute atomic E-state index is 0. The third-order valence-electron chi connectivity index (χ3n) is 16.3. The Kier molecular flexibility index (Phi) is 44.2. The summed E-state index contributed by atoms with van der Waals surface area (Å²) in [6.45, 7) is 30.2. The molecule has 6 N–H and O–H groups in total. The molecule has 1 heterocycles. The third kappa shape index (κ3) is 32.7. The van der Waals surface area contributed by atoms with Crippen molar-refractivity contribution in [1.82, 2.24) is 29.6 Å². The maximum absolute atomic E-state index is 12.2. The summed E-state index contributed by atoms with van der Waals surface area (Å²) in [5.74, 6) is 1.23. The molecule has 7 aromatic rings. The average molecular weight is 1550 g/mol. The number of likely N-dealkylation sites (N-methyl/N-ethyl adjacent to an activating group) is 4. The predicted molar refractivity (Wildman–Crippen MR) is 425 cm³/mol. The number of nitro groups is 4. The zero-order valence-electron chi connectivity index (χ0n) is 63.1. The number of benzene rings is 6. The Morgan fingerprint density at radius 3 is 1.30 bits per heavy atom. The predicted octanol–water partition coefficient (Wildman–Crippen LogP) is 14.4. The Balaban J connectivity index is 0.000000642. The van der Waals surface area contributed by atoms with Crippen molar-refractivity contribution in [2.45, 2.75) is 94.9 Å². The van der Waals surface area contributed by atoms with E-state index in [4.69, 9.17) is 63.5 Å². The number of nitrogens with two attached hydrogens (primary N) is 2. The normalized spacial score (nSPS) is 10.5. The van der Waals surface area contributed by atoms with E-state index in [0.29, 0.717) is 75.6 Å². The Morgan fingerprint density at radius 1 is 0.514 bits per heavy atom. The van der Waals surface area contributed by atoms with E-state index >= 15 is 0 Å². The van der Waals surface area contributed by atoms with Crippen molar-refractivity contribution >= 4 is 93.2 Å². The second-order valence-electron chi connectivity index (χ2n) is 23.3. The molecule has 33 heteroatoms. The zero-order chi connectivity index (χ0) is 79.8. The summed E-state index contributed by atoms with van der Waals surface area (Å²) in [5, 5.41) is 55.9. The number of ether oxygens (including phenoxy) is 5. The number of carbonyl (C=O) groups excluding carboxylic acids is 1. The second kappa shape index (κ2) is 49.7. The van der Waals surface area contributed by atoms with Crippen LogP contribution in [0.2, 0.25) is 10.3 Å². The highest BCUT2D eigenvalue weighted by atomic mass is 35.5. The van der Waals surface area contributed by atoms with Gasteiger partial charge in [-0.15, -0.1) is 0 Å². The van der Waals surface area contributed by atoms with E-state index in [-0.39, 0.29) is 65.7 Å². The number of nitrogens with zero attached hydrogens (tertiary/aromatic N) is 10. The summed E-state index contributed by atoms with van der Waals surface area (Å²) in [6.07, 6.45) is 3.96. The summed E-state index contributed by atoms with van der Waals surface area (Å²) in [7, 11) is 4.88. The Hall–Kier alpha value is -9.97. The third-order valence-corrected chi connectivity index (χ3v) is 18.3. The van der Waals surface area contributed by atoms with Gasteiger partial charge in [-0.2, -0.15) is 4.98 Å². The standard InChI is InChI=1S/C13H21N3O3.C13H18N2O4.C13H20N2O3.C13H22N2O.C12H12Cl2N3OP.C9H9NO5.CH4/c1-4-15(5-2)7-6-10-8-13(19-3)11(14)9-12(10)16(17)18;1-4-14(5-2)13(16)9-10-6-7-11(15(17)18)12(8-10)19-3;1-4-14(5-2)9-8-11-6-7-12(15(16)17)13(10-11)18-3;1-4-15(5-2)9-8-11-6-7-12(14)13(10-11)16-3;1-19(2,18)10-6-4-3-5-9(10)16-11-8(13)7-15-12(14)17-11;1-15-8-4-6(5-9(11)12)2-3-7(8)10(13)14;/h8-9H,4-7,14H2,1-3H3;6-8H,4-5,9H2,1-3H3;6-7,10H,4-5,8-9H2,1-3H3;6-7,10H,4-5,8-9,14H2,1-3H3;3-7H,1-2H3,(H,15,16,17);2-4H,5H2,1H3,(H,11,12);1H4. The van der Waals surface area contributed by atoms with E-state index in [0.717, 1.165) is 88.4 Å². The fraction of sp³-hybridized carbons (Fsp3) is 0.432. The molecular formula is C74H106Cl2N13O17P. The summed E-state index contributed by atoms with van der Waals surface area (Å²) in [5.41, 5.74) is 17.1. The molecule has 0 spiro atoms. The molecule has 0 radical (unpaired) electrons. The molecule has 107 heavy (non-hydrogen) atoms. The molecule has 0 unspecified atom stereocenters. The molecule has 30 nitrogen and oxygen atoms in total. The van der Waals surface area contributed by atoms with Gasteiger partial charge in [0.1, 0.15) is 23.7 Å². The van der Waals surface area contributed by atoms with Crippen LogP contribution in [0, 0.1) is 40.5 Å². The SMILES string of the molecule is C.CCN(CC)C(=O)Cc1ccc([N+](=O)[O-])c(OC)c1.CCN(CC)CCc1cc(OC)c(N)cc1[N+](=O)[O-].CCN(CC)CCc1ccc(N)c(OC)c1.CCN(CC)CCc1ccc([N+](=O)[O-])c(OC)c1.COc1cc(CC(=O)O)ccc1[N+](=O)[O-].CP(C)(=O)c1ccccc1Nc1nc(Cl)ncc1Cl. The zero-order valence-corrected chi connectivity index (χ0v) is 65.5. The molecule has 6 aromatic carbocycles. The number of anilines is 4. The average Bonchev–Trinajstić information content (AvgIpc) is 0.840. The van der Waals surface area contributed by atoms with Gasteiger partial charge in [0.25, 0.3) is 5.69 Å². The maximum atomic E-state index is 12.2. The number of hydrogen-bond donors (Lipinski definition) is 4. The molecule has 0 atom stereocenters. The smallest absolute Gasteiger partial charge is 0.310 e. The number of aliphatic carboxylic acids is 1. The minimum Gasteiger partial charge on any atom is -0.495 e. The lowest BCUT2D eigenvalue weighted by Gasteiger charge is -2.18. The molecule has 1 aromatic heterocycles. The number of para-hydroxylation sites is 1. The van der Waals surface area contributed by atoms with Crippen LogP contribution in [0.25, 0.3) is 0 Å². The van der Waals surface area contributed by atoms with Gasteiger partial charge in [-0.25, -0.2) is 4.98 Å². The van der Waals surface area contributed by atoms with E-state index in [9.17, 15) is 54.6 Å². The van der Waals surface area contributed by atoms with Crippen LogP contribution >= 0.6 is 30.3 Å². The van der Waals surface area contributed by atoms with Gasteiger partial charge in [0.2, 0.25) is 11.2 Å².